The molecule has 0 atom stereocenters. The van der Waals surface area contributed by atoms with Gasteiger partial charge in [0.15, 0.2) is 0 Å². The van der Waals surface area contributed by atoms with Gasteiger partial charge in [-0.3, -0.25) is 9.59 Å². The summed E-state index contributed by atoms with van der Waals surface area (Å²) < 4.78 is 26.9. The fraction of sp³-hybridized carbons (Fsp3) is 0.167. The highest BCUT2D eigenvalue weighted by Gasteiger charge is 2.25. The number of amides is 2. The van der Waals surface area contributed by atoms with Crippen LogP contribution in [0, 0.1) is 0 Å². The summed E-state index contributed by atoms with van der Waals surface area (Å²) in [5.41, 5.74) is 3.14. The van der Waals surface area contributed by atoms with Crippen molar-refractivity contribution in [1.29, 1.82) is 0 Å². The van der Waals surface area contributed by atoms with Gasteiger partial charge < -0.3 is 10.2 Å². The molecule has 0 bridgehead atoms. The van der Waals surface area contributed by atoms with Gasteiger partial charge in [-0.05, 0) is 60.5 Å². The van der Waals surface area contributed by atoms with Crippen molar-refractivity contribution in [3.8, 4) is 0 Å². The van der Waals surface area contributed by atoms with E-state index in [0.29, 0.717) is 22.8 Å². The van der Waals surface area contributed by atoms with Crippen molar-refractivity contribution in [2.45, 2.75) is 17.7 Å². The third kappa shape index (κ3) is 5.42. The summed E-state index contributed by atoms with van der Waals surface area (Å²) in [7, 11) is -3.75. The Kier molecular flexibility index (Phi) is 6.78. The average molecular weight is 484 g/mol. The number of para-hydroxylation sites is 1. The molecule has 9 heteroatoms. The van der Waals surface area contributed by atoms with Crippen LogP contribution in [-0.2, 0) is 21.2 Å². The maximum absolute atomic E-state index is 12.9. The molecular weight excluding hydrogens is 462 g/mol. The Morgan fingerprint density at radius 2 is 1.73 bits per heavy atom. The molecule has 0 saturated carbocycles. The summed E-state index contributed by atoms with van der Waals surface area (Å²) in [6.07, 6.45) is 0.780. The van der Waals surface area contributed by atoms with E-state index in [4.69, 9.17) is 11.6 Å². The van der Waals surface area contributed by atoms with Crippen LogP contribution in [0.1, 0.15) is 22.3 Å². The molecule has 170 valence electrons. The Labute approximate surface area is 197 Å². The van der Waals surface area contributed by atoms with Gasteiger partial charge in [-0.25, -0.2) is 13.1 Å². The molecular formula is C24H22ClN3O4S. The molecule has 7 nitrogen and oxygen atoms in total. The summed E-state index contributed by atoms with van der Waals surface area (Å²) in [6, 6.07) is 20.4. The fourth-order valence-corrected chi connectivity index (χ4v) is 4.97. The molecule has 3 aromatic carbocycles. The van der Waals surface area contributed by atoms with Gasteiger partial charge in [-0.15, -0.1) is 0 Å². The molecule has 0 spiro atoms. The molecule has 1 heterocycles. The third-order valence-corrected chi connectivity index (χ3v) is 6.99. The van der Waals surface area contributed by atoms with Crippen LogP contribution in [0.25, 0.3) is 0 Å². The van der Waals surface area contributed by atoms with Crippen molar-refractivity contribution in [3.63, 3.8) is 0 Å². The van der Waals surface area contributed by atoms with Gasteiger partial charge in [0.2, 0.25) is 15.9 Å². The molecule has 33 heavy (non-hydrogen) atoms. The monoisotopic (exact) mass is 483 g/mol. The standard InChI is InChI=1S/C24H22ClN3O4S/c25-19-5-3-6-21(16-19)33(31,32)26-14-12-23(29)27-20-10-8-18(9-11-20)24(30)28-15-13-17-4-1-2-7-22(17)28/h1-11,16,26H,12-15H2,(H,27,29). The number of halogens is 1. The topological polar surface area (TPSA) is 95.6 Å². The van der Waals surface area contributed by atoms with E-state index in [0.717, 1.165) is 17.7 Å². The normalized spacial score (nSPS) is 12.9. The molecule has 0 unspecified atom stereocenters. The minimum absolute atomic E-state index is 0.0382. The summed E-state index contributed by atoms with van der Waals surface area (Å²) in [6.45, 7) is 0.577. The second-order valence-corrected chi connectivity index (χ2v) is 9.77. The SMILES string of the molecule is O=C(CCNS(=O)(=O)c1cccc(Cl)c1)Nc1ccc(C(=O)N2CCc3ccccc32)cc1. The second kappa shape index (κ2) is 9.74. The Bertz CT molecular complexity index is 1290. The van der Waals surface area contributed by atoms with Gasteiger partial charge in [0, 0.05) is 41.5 Å². The largest absolute Gasteiger partial charge is 0.326 e. The number of rotatable bonds is 7. The summed E-state index contributed by atoms with van der Waals surface area (Å²) in [5.74, 6) is -0.440. The first kappa shape index (κ1) is 23.0. The second-order valence-electron chi connectivity index (χ2n) is 7.57. The van der Waals surface area contributed by atoms with Crippen LogP contribution in [0.3, 0.4) is 0 Å². The van der Waals surface area contributed by atoms with E-state index in [-0.39, 0.29) is 29.7 Å². The highest BCUT2D eigenvalue weighted by atomic mass is 35.5. The minimum Gasteiger partial charge on any atom is -0.326 e. The third-order valence-electron chi connectivity index (χ3n) is 5.30. The number of sulfonamides is 1. The Balaban J connectivity index is 1.30. The average Bonchev–Trinajstić information content (AvgIpc) is 3.23. The van der Waals surface area contributed by atoms with Gasteiger partial charge in [-0.2, -0.15) is 0 Å². The molecule has 0 saturated heterocycles. The summed E-state index contributed by atoms with van der Waals surface area (Å²) >= 11 is 5.84. The zero-order chi connectivity index (χ0) is 23.4. The number of hydrogen-bond donors (Lipinski definition) is 2. The van der Waals surface area contributed by atoms with Gasteiger partial charge in [0.05, 0.1) is 4.90 Å². The Morgan fingerprint density at radius 1 is 0.970 bits per heavy atom. The van der Waals surface area contributed by atoms with Crippen molar-refractivity contribution in [2.24, 2.45) is 0 Å². The lowest BCUT2D eigenvalue weighted by Crippen LogP contribution is -2.29. The van der Waals surface area contributed by atoms with Crippen LogP contribution >= 0.6 is 11.6 Å². The predicted molar refractivity (Wildman–Crippen MR) is 128 cm³/mol. The van der Waals surface area contributed by atoms with Crippen LogP contribution in [0.15, 0.2) is 77.7 Å². The van der Waals surface area contributed by atoms with Crippen LogP contribution < -0.4 is 14.9 Å². The van der Waals surface area contributed by atoms with Crippen molar-refractivity contribution < 1.29 is 18.0 Å². The fourth-order valence-electron chi connectivity index (χ4n) is 3.64. The van der Waals surface area contributed by atoms with Gasteiger partial charge >= 0.3 is 0 Å². The first-order valence-corrected chi connectivity index (χ1v) is 12.2. The van der Waals surface area contributed by atoms with Crippen molar-refractivity contribution in [2.75, 3.05) is 23.3 Å². The first-order valence-electron chi connectivity index (χ1n) is 10.4. The quantitative estimate of drug-likeness (QED) is 0.533. The molecule has 1 aliphatic rings. The summed E-state index contributed by atoms with van der Waals surface area (Å²) in [5, 5.41) is 3.02. The van der Waals surface area contributed by atoms with E-state index >= 15 is 0 Å². The van der Waals surface area contributed by atoms with E-state index in [2.05, 4.69) is 10.0 Å². The van der Waals surface area contributed by atoms with E-state index in [1.165, 1.54) is 12.1 Å². The van der Waals surface area contributed by atoms with E-state index in [1.54, 1.807) is 41.3 Å². The molecule has 3 aromatic rings. The number of hydrogen-bond acceptors (Lipinski definition) is 4. The van der Waals surface area contributed by atoms with Crippen molar-refractivity contribution in [1.82, 2.24) is 4.72 Å². The van der Waals surface area contributed by atoms with Crippen molar-refractivity contribution in [3.05, 3.63) is 88.9 Å². The minimum atomic E-state index is -3.75. The van der Waals surface area contributed by atoms with E-state index < -0.39 is 10.0 Å². The number of nitrogens with one attached hydrogen (secondary N) is 2. The smallest absolute Gasteiger partial charge is 0.258 e. The molecule has 2 amide bonds. The number of nitrogens with zero attached hydrogens (tertiary/aromatic N) is 1. The number of anilines is 2. The number of carbonyl (C=O) groups excluding carboxylic acids is 2. The first-order chi connectivity index (χ1) is 15.8. The molecule has 0 aliphatic carbocycles. The lowest BCUT2D eigenvalue weighted by molar-refractivity contribution is -0.116. The lowest BCUT2D eigenvalue weighted by atomic mass is 10.1. The highest BCUT2D eigenvalue weighted by Crippen LogP contribution is 2.29. The maximum atomic E-state index is 12.9. The van der Waals surface area contributed by atoms with Crippen LogP contribution in [-0.4, -0.2) is 33.3 Å². The molecule has 1 aliphatic heterocycles. The Morgan fingerprint density at radius 3 is 2.48 bits per heavy atom. The van der Waals surface area contributed by atoms with Crippen LogP contribution in [0.4, 0.5) is 11.4 Å². The summed E-state index contributed by atoms with van der Waals surface area (Å²) in [4.78, 5) is 26.9. The van der Waals surface area contributed by atoms with Crippen LogP contribution in [0.2, 0.25) is 5.02 Å². The lowest BCUT2D eigenvalue weighted by Gasteiger charge is -2.17. The van der Waals surface area contributed by atoms with Gasteiger partial charge in [0.25, 0.3) is 5.91 Å². The molecule has 0 aromatic heterocycles. The zero-order valence-corrected chi connectivity index (χ0v) is 19.2. The Hall–Kier alpha value is -3.20. The molecule has 2 N–H and O–H groups in total. The molecule has 0 fully saturated rings. The van der Waals surface area contributed by atoms with E-state index in [1.807, 2.05) is 24.3 Å². The maximum Gasteiger partial charge on any atom is 0.258 e. The number of benzene rings is 3. The van der Waals surface area contributed by atoms with Gasteiger partial charge in [0.1, 0.15) is 0 Å². The molecule has 0 radical (unpaired) electrons. The number of carbonyl (C=O) groups is 2. The van der Waals surface area contributed by atoms with Crippen LogP contribution in [0.5, 0.6) is 0 Å². The van der Waals surface area contributed by atoms with Gasteiger partial charge in [-0.1, -0.05) is 35.9 Å². The molecule has 4 rings (SSSR count). The zero-order valence-electron chi connectivity index (χ0n) is 17.6. The highest BCUT2D eigenvalue weighted by molar-refractivity contribution is 7.89. The number of fused-ring (bicyclic) bond motifs is 1. The predicted octanol–water partition coefficient (Wildman–Crippen LogP) is 3.85. The van der Waals surface area contributed by atoms with E-state index in [9.17, 15) is 18.0 Å². The van der Waals surface area contributed by atoms with Crippen molar-refractivity contribution >= 4 is 44.8 Å².